The molecule has 0 fully saturated rings. The van der Waals surface area contributed by atoms with E-state index in [1.165, 1.54) is 33.4 Å². The summed E-state index contributed by atoms with van der Waals surface area (Å²) in [5, 5.41) is 9.34. The second kappa shape index (κ2) is 11.1. The van der Waals surface area contributed by atoms with Crippen LogP contribution in [0, 0.1) is 6.92 Å². The lowest BCUT2D eigenvalue weighted by atomic mass is 9.86. The molecule has 1 aliphatic heterocycles. The highest BCUT2D eigenvalue weighted by molar-refractivity contribution is 5.87. The smallest absolute Gasteiger partial charge is 0.335 e. The number of aryl methyl sites for hydroxylation is 1. The molecule has 5 heteroatoms. The number of rotatable bonds is 7. The molecule has 40 heavy (non-hydrogen) atoms. The van der Waals surface area contributed by atoms with Gasteiger partial charge in [-0.15, -0.1) is 0 Å². The van der Waals surface area contributed by atoms with Crippen LogP contribution in [0.1, 0.15) is 55.3 Å². The number of fused-ring (bicyclic) bond motifs is 2. The third-order valence-electron chi connectivity index (χ3n) is 8.55. The van der Waals surface area contributed by atoms with Crippen LogP contribution in [-0.2, 0) is 30.6 Å². The van der Waals surface area contributed by atoms with Crippen molar-refractivity contribution < 1.29 is 14.7 Å². The maximum atomic E-state index is 14.3. The molecular weight excluding hydrogens is 496 g/mol. The highest BCUT2D eigenvalue weighted by Gasteiger charge is 2.35. The molecular formula is C35H34N2O3. The molecule has 202 valence electrons. The van der Waals surface area contributed by atoms with Crippen molar-refractivity contribution in [3.63, 3.8) is 0 Å². The van der Waals surface area contributed by atoms with Crippen molar-refractivity contribution in [1.82, 2.24) is 9.80 Å². The van der Waals surface area contributed by atoms with Crippen molar-refractivity contribution in [2.24, 2.45) is 0 Å². The Morgan fingerprint density at radius 1 is 0.800 bits per heavy atom. The molecule has 1 N–H and O–H groups in total. The Bertz CT molecular complexity index is 1520. The van der Waals surface area contributed by atoms with E-state index in [4.69, 9.17) is 0 Å². The molecule has 2 aliphatic rings. The standard InChI is InChI=1S/C35H34N2O3/c1-24-8-2-6-12-31(24)34-32-13-7-5-9-26(32)18-19-36(34)23-33(38)37(22-25-14-16-27(17-15-25)35(39)40)30-20-28-10-3-4-11-29(28)21-30/h2-17,30,34H,18-23H2,1H3,(H,39,40). The number of hydrogen-bond acceptors (Lipinski definition) is 3. The Hall–Kier alpha value is -4.22. The minimum Gasteiger partial charge on any atom is -0.478 e. The predicted molar refractivity (Wildman–Crippen MR) is 156 cm³/mol. The van der Waals surface area contributed by atoms with Crippen LogP contribution in [0.15, 0.2) is 97.1 Å². The van der Waals surface area contributed by atoms with Gasteiger partial charge in [0, 0.05) is 19.1 Å². The average molecular weight is 531 g/mol. The van der Waals surface area contributed by atoms with Crippen LogP contribution in [0.3, 0.4) is 0 Å². The van der Waals surface area contributed by atoms with Crippen LogP contribution in [0.5, 0.6) is 0 Å². The number of amides is 1. The van der Waals surface area contributed by atoms with Crippen molar-refractivity contribution >= 4 is 11.9 Å². The third-order valence-corrected chi connectivity index (χ3v) is 8.55. The summed E-state index contributed by atoms with van der Waals surface area (Å²) < 4.78 is 0. The highest BCUT2D eigenvalue weighted by atomic mass is 16.4. The van der Waals surface area contributed by atoms with Gasteiger partial charge >= 0.3 is 5.97 Å². The molecule has 0 saturated heterocycles. The van der Waals surface area contributed by atoms with Gasteiger partial charge in [-0.2, -0.15) is 0 Å². The van der Waals surface area contributed by atoms with Crippen LogP contribution in [0.4, 0.5) is 0 Å². The zero-order valence-corrected chi connectivity index (χ0v) is 22.8. The van der Waals surface area contributed by atoms with Gasteiger partial charge in [-0.3, -0.25) is 9.69 Å². The first-order valence-corrected chi connectivity index (χ1v) is 14.0. The maximum absolute atomic E-state index is 14.3. The Morgan fingerprint density at radius 2 is 1.40 bits per heavy atom. The van der Waals surface area contributed by atoms with Crippen molar-refractivity contribution in [2.45, 2.75) is 44.8 Å². The quantitative estimate of drug-likeness (QED) is 0.326. The number of carboxylic acids is 1. The van der Waals surface area contributed by atoms with Crippen LogP contribution in [0.25, 0.3) is 0 Å². The summed E-state index contributed by atoms with van der Waals surface area (Å²) in [6, 6.07) is 32.6. The predicted octanol–water partition coefficient (Wildman–Crippen LogP) is 5.84. The minimum atomic E-state index is -0.946. The van der Waals surface area contributed by atoms with E-state index in [0.717, 1.165) is 31.4 Å². The zero-order chi connectivity index (χ0) is 27.6. The van der Waals surface area contributed by atoms with E-state index in [-0.39, 0.29) is 23.6 Å². The summed E-state index contributed by atoms with van der Waals surface area (Å²) in [5.74, 6) is -0.837. The summed E-state index contributed by atoms with van der Waals surface area (Å²) in [6.07, 6.45) is 2.58. The van der Waals surface area contributed by atoms with Crippen LogP contribution in [0.2, 0.25) is 0 Å². The van der Waals surface area contributed by atoms with Crippen LogP contribution in [-0.4, -0.2) is 45.9 Å². The number of aromatic carboxylic acids is 1. The van der Waals surface area contributed by atoms with Gasteiger partial charge in [0.05, 0.1) is 18.2 Å². The Kier molecular flexibility index (Phi) is 7.23. The zero-order valence-electron chi connectivity index (χ0n) is 22.8. The second-order valence-corrected chi connectivity index (χ2v) is 11.0. The van der Waals surface area contributed by atoms with Gasteiger partial charge in [0.25, 0.3) is 0 Å². The SMILES string of the molecule is Cc1ccccc1C1c2ccccc2CCN1CC(=O)N(Cc1ccc(C(=O)O)cc1)C1Cc2ccccc2C1. The Balaban J connectivity index is 1.31. The Labute approximate surface area is 235 Å². The van der Waals surface area contributed by atoms with Crippen molar-refractivity contribution in [2.75, 3.05) is 13.1 Å². The summed E-state index contributed by atoms with van der Waals surface area (Å²) in [4.78, 5) is 30.1. The van der Waals surface area contributed by atoms with E-state index >= 15 is 0 Å². The molecule has 5 nitrogen and oxygen atoms in total. The monoisotopic (exact) mass is 530 g/mol. The summed E-state index contributed by atoms with van der Waals surface area (Å²) in [6.45, 7) is 3.74. The van der Waals surface area contributed by atoms with E-state index in [2.05, 4.69) is 84.6 Å². The number of carboxylic acid groups (broad SMARTS) is 1. The topological polar surface area (TPSA) is 60.9 Å². The Morgan fingerprint density at radius 3 is 2.05 bits per heavy atom. The van der Waals surface area contributed by atoms with Gasteiger partial charge in [0.15, 0.2) is 0 Å². The van der Waals surface area contributed by atoms with E-state index in [1.54, 1.807) is 12.1 Å². The van der Waals surface area contributed by atoms with Crippen LogP contribution < -0.4 is 0 Å². The van der Waals surface area contributed by atoms with Gasteiger partial charge in [-0.1, -0.05) is 84.9 Å². The molecule has 0 saturated carbocycles. The van der Waals surface area contributed by atoms with Gasteiger partial charge < -0.3 is 10.0 Å². The average Bonchev–Trinajstić information content (AvgIpc) is 3.40. The van der Waals surface area contributed by atoms with E-state index in [0.29, 0.717) is 13.1 Å². The number of carbonyl (C=O) groups is 2. The lowest BCUT2D eigenvalue weighted by molar-refractivity contribution is -0.135. The largest absolute Gasteiger partial charge is 0.478 e. The summed E-state index contributed by atoms with van der Waals surface area (Å²) in [5.41, 5.74) is 8.89. The molecule has 0 radical (unpaired) electrons. The normalized spacial score (nSPS) is 16.8. The molecule has 4 aromatic rings. The second-order valence-electron chi connectivity index (χ2n) is 11.0. The molecule has 1 aliphatic carbocycles. The summed E-state index contributed by atoms with van der Waals surface area (Å²) >= 11 is 0. The van der Waals surface area contributed by atoms with Gasteiger partial charge in [0.1, 0.15) is 0 Å². The van der Waals surface area contributed by atoms with E-state index < -0.39 is 5.97 Å². The molecule has 0 bridgehead atoms. The highest BCUT2D eigenvalue weighted by Crippen LogP contribution is 2.37. The fraction of sp³-hybridized carbons (Fsp3) is 0.257. The van der Waals surface area contributed by atoms with Crippen molar-refractivity contribution in [3.05, 3.63) is 142 Å². The molecule has 1 atom stereocenters. The third kappa shape index (κ3) is 5.17. The van der Waals surface area contributed by atoms with E-state index in [9.17, 15) is 14.7 Å². The number of benzene rings is 4. The fourth-order valence-electron chi connectivity index (χ4n) is 6.44. The lowest BCUT2D eigenvalue weighted by Gasteiger charge is -2.39. The molecule has 1 unspecified atom stereocenters. The number of nitrogens with zero attached hydrogens (tertiary/aromatic N) is 2. The van der Waals surface area contributed by atoms with Gasteiger partial charge in [-0.25, -0.2) is 4.79 Å². The first-order valence-electron chi connectivity index (χ1n) is 14.0. The van der Waals surface area contributed by atoms with Crippen molar-refractivity contribution in [3.8, 4) is 0 Å². The lowest BCUT2D eigenvalue weighted by Crippen LogP contribution is -2.48. The van der Waals surface area contributed by atoms with Crippen LogP contribution >= 0.6 is 0 Å². The molecule has 0 spiro atoms. The first kappa shape index (κ1) is 26.0. The molecule has 1 amide bonds. The van der Waals surface area contributed by atoms with Gasteiger partial charge in [-0.05, 0) is 77.3 Å². The summed E-state index contributed by atoms with van der Waals surface area (Å²) in [7, 11) is 0. The fourth-order valence-corrected chi connectivity index (χ4v) is 6.44. The molecule has 6 rings (SSSR count). The maximum Gasteiger partial charge on any atom is 0.335 e. The molecule has 1 heterocycles. The first-order chi connectivity index (χ1) is 19.5. The van der Waals surface area contributed by atoms with Gasteiger partial charge in [0.2, 0.25) is 5.91 Å². The molecule has 0 aromatic heterocycles. The molecule has 4 aromatic carbocycles. The van der Waals surface area contributed by atoms with E-state index in [1.807, 2.05) is 17.0 Å². The number of hydrogen-bond donors (Lipinski definition) is 1. The minimum absolute atomic E-state index is 0.0209. The van der Waals surface area contributed by atoms with Crippen molar-refractivity contribution in [1.29, 1.82) is 0 Å². The number of carbonyl (C=O) groups excluding carboxylic acids is 1.